The Labute approximate surface area is 84.6 Å². The molecular weight excluding hydrogens is 196 g/mol. The van der Waals surface area contributed by atoms with Crippen molar-refractivity contribution < 1.29 is 0 Å². The van der Waals surface area contributed by atoms with Crippen LogP contribution in [-0.2, 0) is 0 Å². The quantitative estimate of drug-likeness (QED) is 0.681. The second-order valence-corrected chi connectivity index (χ2v) is 3.31. The molecule has 2 aromatic heterocycles. The lowest BCUT2D eigenvalue weighted by Gasteiger charge is -2.01. The first-order valence-corrected chi connectivity index (χ1v) is 4.43. The predicted molar refractivity (Wildman–Crippen MR) is 54.3 cm³/mol. The topological polar surface area (TPSA) is 83.5 Å². The van der Waals surface area contributed by atoms with Crippen molar-refractivity contribution in [1.82, 2.24) is 19.7 Å². The molecule has 0 amide bonds. The molecule has 0 atom stereocenters. The number of aromatic nitrogens is 4. The molecule has 0 aromatic carbocycles. The summed E-state index contributed by atoms with van der Waals surface area (Å²) in [4.78, 5) is 26.7. The summed E-state index contributed by atoms with van der Waals surface area (Å²) in [6.07, 6.45) is 0. The van der Waals surface area contributed by atoms with Crippen LogP contribution >= 0.6 is 0 Å². The van der Waals surface area contributed by atoms with Crippen LogP contribution in [0, 0.1) is 13.8 Å². The summed E-state index contributed by atoms with van der Waals surface area (Å²) in [7, 11) is 0. The monoisotopic (exact) mass is 206 g/mol. The number of hydrogen-bond acceptors (Lipinski definition) is 3. The maximum Gasteiger partial charge on any atom is 0.327 e. The van der Waals surface area contributed by atoms with Gasteiger partial charge in [0, 0.05) is 11.8 Å². The van der Waals surface area contributed by atoms with Gasteiger partial charge in [-0.25, -0.2) is 9.48 Å². The van der Waals surface area contributed by atoms with Gasteiger partial charge in [-0.1, -0.05) is 0 Å². The Bertz CT molecular complexity index is 577. The molecule has 0 bridgehead atoms. The van der Waals surface area contributed by atoms with Gasteiger partial charge < -0.3 is 0 Å². The van der Waals surface area contributed by atoms with Crippen LogP contribution in [0.5, 0.6) is 0 Å². The minimum atomic E-state index is -0.537. The number of H-pyrrole nitrogens is 2. The highest BCUT2D eigenvalue weighted by atomic mass is 16.2. The highest BCUT2D eigenvalue weighted by molar-refractivity contribution is 5.23. The Balaban J connectivity index is 2.68. The van der Waals surface area contributed by atoms with Gasteiger partial charge in [0.1, 0.15) is 5.82 Å². The van der Waals surface area contributed by atoms with Gasteiger partial charge in [0.05, 0.1) is 5.69 Å². The third-order valence-corrected chi connectivity index (χ3v) is 1.98. The van der Waals surface area contributed by atoms with Crippen LogP contribution in [0.15, 0.2) is 21.7 Å². The van der Waals surface area contributed by atoms with E-state index in [1.807, 2.05) is 19.9 Å². The molecule has 0 spiro atoms. The largest absolute Gasteiger partial charge is 0.327 e. The standard InChI is InChI=1S/C9H10N4O2/c1-5-3-6(2)13(12-5)7-4-8(14)11-9(15)10-7/h3-4H,1-2H3,(H2,10,11,14,15). The number of nitrogens with one attached hydrogen (secondary N) is 2. The molecule has 0 aliphatic carbocycles. The molecule has 0 radical (unpaired) electrons. The summed E-state index contributed by atoms with van der Waals surface area (Å²) < 4.78 is 1.52. The minimum absolute atomic E-state index is 0.370. The molecule has 0 aliphatic rings. The van der Waals surface area contributed by atoms with E-state index < -0.39 is 11.2 Å². The highest BCUT2D eigenvalue weighted by Crippen LogP contribution is 2.05. The maximum atomic E-state index is 11.1. The lowest BCUT2D eigenvalue weighted by atomic mass is 10.4. The number of rotatable bonds is 1. The lowest BCUT2D eigenvalue weighted by molar-refractivity contribution is 0.789. The van der Waals surface area contributed by atoms with Gasteiger partial charge in [0.15, 0.2) is 0 Å². The zero-order valence-electron chi connectivity index (χ0n) is 8.37. The molecule has 0 saturated carbocycles. The first-order chi connectivity index (χ1) is 7.06. The van der Waals surface area contributed by atoms with E-state index in [0.717, 1.165) is 11.4 Å². The first-order valence-electron chi connectivity index (χ1n) is 4.43. The normalized spacial score (nSPS) is 10.5. The number of aromatic amines is 2. The third kappa shape index (κ3) is 1.74. The van der Waals surface area contributed by atoms with Crippen LogP contribution in [0.1, 0.15) is 11.4 Å². The van der Waals surface area contributed by atoms with E-state index in [1.54, 1.807) is 0 Å². The Morgan fingerprint density at radius 3 is 2.47 bits per heavy atom. The molecule has 15 heavy (non-hydrogen) atoms. The highest BCUT2D eigenvalue weighted by Gasteiger charge is 2.04. The van der Waals surface area contributed by atoms with Crippen molar-refractivity contribution in [2.24, 2.45) is 0 Å². The molecule has 0 saturated heterocycles. The fraction of sp³-hybridized carbons (Fsp3) is 0.222. The Kier molecular flexibility index (Phi) is 2.03. The average Bonchev–Trinajstić information content (AvgIpc) is 2.43. The summed E-state index contributed by atoms with van der Waals surface area (Å²) in [6.45, 7) is 3.69. The van der Waals surface area contributed by atoms with Crippen LogP contribution < -0.4 is 11.2 Å². The smallest absolute Gasteiger partial charge is 0.292 e. The van der Waals surface area contributed by atoms with Crippen molar-refractivity contribution >= 4 is 0 Å². The Hall–Kier alpha value is -2.11. The molecule has 6 heteroatoms. The summed E-state index contributed by atoms with van der Waals surface area (Å²) in [6, 6.07) is 3.15. The minimum Gasteiger partial charge on any atom is -0.292 e. The summed E-state index contributed by atoms with van der Waals surface area (Å²) in [5.41, 5.74) is 0.703. The summed E-state index contributed by atoms with van der Waals surface area (Å²) in [5, 5.41) is 4.16. The predicted octanol–water partition coefficient (Wildman–Crippen LogP) is -0.134. The summed E-state index contributed by atoms with van der Waals surface area (Å²) in [5.74, 6) is 0.370. The lowest BCUT2D eigenvalue weighted by Crippen LogP contribution is -2.24. The van der Waals surface area contributed by atoms with Crippen molar-refractivity contribution in [1.29, 1.82) is 0 Å². The first kappa shape index (κ1) is 9.45. The Morgan fingerprint density at radius 2 is 1.93 bits per heavy atom. The Morgan fingerprint density at radius 1 is 1.20 bits per heavy atom. The summed E-state index contributed by atoms with van der Waals surface area (Å²) >= 11 is 0. The van der Waals surface area contributed by atoms with E-state index in [4.69, 9.17) is 0 Å². The number of hydrogen-bond donors (Lipinski definition) is 2. The van der Waals surface area contributed by atoms with E-state index >= 15 is 0 Å². The molecule has 2 N–H and O–H groups in total. The molecule has 0 unspecified atom stereocenters. The molecule has 0 aliphatic heterocycles. The van der Waals surface area contributed by atoms with Gasteiger partial charge in [0.2, 0.25) is 0 Å². The van der Waals surface area contributed by atoms with Gasteiger partial charge in [-0.2, -0.15) is 5.10 Å². The maximum absolute atomic E-state index is 11.1. The van der Waals surface area contributed by atoms with Crippen LogP contribution in [-0.4, -0.2) is 19.7 Å². The van der Waals surface area contributed by atoms with Crippen LogP contribution in [0.3, 0.4) is 0 Å². The van der Waals surface area contributed by atoms with E-state index in [0.29, 0.717) is 5.82 Å². The van der Waals surface area contributed by atoms with Gasteiger partial charge in [0.25, 0.3) is 5.56 Å². The van der Waals surface area contributed by atoms with Crippen LogP contribution in [0.2, 0.25) is 0 Å². The molecule has 2 heterocycles. The van der Waals surface area contributed by atoms with Crippen LogP contribution in [0.4, 0.5) is 0 Å². The number of aryl methyl sites for hydroxylation is 2. The third-order valence-electron chi connectivity index (χ3n) is 1.98. The van der Waals surface area contributed by atoms with Crippen molar-refractivity contribution in [3.05, 3.63) is 44.4 Å². The molecule has 0 fully saturated rings. The SMILES string of the molecule is Cc1cc(C)n(-c2cc(=O)[nH]c(=O)[nH]2)n1. The van der Waals surface area contributed by atoms with Gasteiger partial charge in [-0.15, -0.1) is 0 Å². The second kappa shape index (κ2) is 3.23. The molecule has 2 rings (SSSR count). The van der Waals surface area contributed by atoms with Crippen molar-refractivity contribution in [2.75, 3.05) is 0 Å². The molecular formula is C9H10N4O2. The van der Waals surface area contributed by atoms with E-state index in [-0.39, 0.29) is 0 Å². The fourth-order valence-corrected chi connectivity index (χ4v) is 1.44. The van der Waals surface area contributed by atoms with E-state index in [1.165, 1.54) is 10.7 Å². The van der Waals surface area contributed by atoms with Crippen LogP contribution in [0.25, 0.3) is 5.82 Å². The zero-order chi connectivity index (χ0) is 11.0. The number of nitrogens with zero attached hydrogens (tertiary/aromatic N) is 2. The average molecular weight is 206 g/mol. The van der Waals surface area contributed by atoms with Gasteiger partial charge in [-0.3, -0.25) is 14.8 Å². The molecule has 6 nitrogen and oxygen atoms in total. The van der Waals surface area contributed by atoms with E-state index in [9.17, 15) is 9.59 Å². The van der Waals surface area contributed by atoms with E-state index in [2.05, 4.69) is 15.1 Å². The van der Waals surface area contributed by atoms with Crippen molar-refractivity contribution in [3.63, 3.8) is 0 Å². The van der Waals surface area contributed by atoms with Crippen molar-refractivity contribution in [3.8, 4) is 5.82 Å². The van der Waals surface area contributed by atoms with Gasteiger partial charge in [-0.05, 0) is 19.9 Å². The van der Waals surface area contributed by atoms with Gasteiger partial charge >= 0.3 is 5.69 Å². The van der Waals surface area contributed by atoms with Crippen molar-refractivity contribution in [2.45, 2.75) is 13.8 Å². The zero-order valence-corrected chi connectivity index (χ0v) is 8.37. The molecule has 2 aromatic rings. The molecule has 78 valence electrons. The fourth-order valence-electron chi connectivity index (χ4n) is 1.44. The second-order valence-electron chi connectivity index (χ2n) is 3.31.